The molecule has 0 saturated carbocycles. The highest BCUT2D eigenvalue weighted by Crippen LogP contribution is 2.24. The van der Waals surface area contributed by atoms with Crippen molar-refractivity contribution in [2.45, 2.75) is 58.3 Å². The van der Waals surface area contributed by atoms with Crippen LogP contribution in [0, 0.1) is 5.92 Å². The summed E-state index contributed by atoms with van der Waals surface area (Å²) in [6, 6.07) is -0.344. The highest BCUT2D eigenvalue weighted by molar-refractivity contribution is 5.77. The van der Waals surface area contributed by atoms with Gasteiger partial charge in [-0.3, -0.25) is 4.79 Å². The van der Waals surface area contributed by atoms with Crippen LogP contribution < -0.4 is 10.6 Å². The molecule has 0 aliphatic carbocycles. The van der Waals surface area contributed by atoms with Gasteiger partial charge in [-0.1, -0.05) is 0 Å². The van der Waals surface area contributed by atoms with E-state index in [2.05, 4.69) is 10.6 Å². The van der Waals surface area contributed by atoms with E-state index in [0.717, 1.165) is 0 Å². The van der Waals surface area contributed by atoms with Crippen molar-refractivity contribution in [2.75, 3.05) is 19.7 Å². The number of alkyl halides is 1. The Hall–Kier alpha value is -1.37. The lowest BCUT2D eigenvalue weighted by Gasteiger charge is -2.36. The number of likely N-dealkylation sites (tertiary alicyclic amines) is 1. The zero-order chi connectivity index (χ0) is 16.9. The molecule has 0 aromatic carbocycles. The molecular weight excluding hydrogens is 289 g/mol. The standard InChI is InChI=1S/C15H28FN3O3/c1-10(2)17-13(21)7-11-5-6-19(8-12(11)16)14(22)18-15(3,4)9-20/h10-12,20H,5-9H2,1-4H3,(H,17,21)(H,18,22). The van der Waals surface area contributed by atoms with Crippen LogP contribution in [0.5, 0.6) is 0 Å². The molecule has 1 aliphatic heterocycles. The quantitative estimate of drug-likeness (QED) is 0.709. The molecule has 128 valence electrons. The molecule has 0 spiro atoms. The zero-order valence-corrected chi connectivity index (χ0v) is 13.9. The number of carbonyl (C=O) groups is 2. The molecule has 0 aromatic heterocycles. The Bertz CT molecular complexity index is 401. The van der Waals surface area contributed by atoms with Crippen LogP contribution in [0.2, 0.25) is 0 Å². The zero-order valence-electron chi connectivity index (χ0n) is 13.9. The van der Waals surface area contributed by atoms with Crippen molar-refractivity contribution in [3.8, 4) is 0 Å². The van der Waals surface area contributed by atoms with Crippen molar-refractivity contribution >= 4 is 11.9 Å². The molecule has 7 heteroatoms. The number of rotatable bonds is 5. The molecule has 1 fully saturated rings. The first kappa shape index (κ1) is 18.7. The Morgan fingerprint density at radius 1 is 1.41 bits per heavy atom. The SMILES string of the molecule is CC(C)NC(=O)CC1CCN(C(=O)NC(C)(C)CO)CC1F. The minimum absolute atomic E-state index is 0.0209. The van der Waals surface area contributed by atoms with Crippen molar-refractivity contribution in [1.29, 1.82) is 0 Å². The molecule has 2 unspecified atom stereocenters. The molecule has 3 amide bonds. The van der Waals surface area contributed by atoms with Gasteiger partial charge in [0.25, 0.3) is 0 Å². The van der Waals surface area contributed by atoms with Crippen molar-refractivity contribution in [3.05, 3.63) is 0 Å². The van der Waals surface area contributed by atoms with Gasteiger partial charge in [-0.15, -0.1) is 0 Å². The average molecular weight is 317 g/mol. The fraction of sp³-hybridized carbons (Fsp3) is 0.867. The van der Waals surface area contributed by atoms with Crippen LogP contribution in [-0.4, -0.2) is 59.4 Å². The van der Waals surface area contributed by atoms with Crippen LogP contribution in [0.15, 0.2) is 0 Å². The predicted octanol–water partition coefficient (Wildman–Crippen LogP) is 1.04. The molecule has 1 rings (SSSR count). The number of nitrogens with one attached hydrogen (secondary N) is 2. The monoisotopic (exact) mass is 317 g/mol. The highest BCUT2D eigenvalue weighted by Gasteiger charge is 2.34. The van der Waals surface area contributed by atoms with Gasteiger partial charge in [0.1, 0.15) is 6.17 Å². The van der Waals surface area contributed by atoms with E-state index >= 15 is 0 Å². The van der Waals surface area contributed by atoms with E-state index in [4.69, 9.17) is 5.11 Å². The van der Waals surface area contributed by atoms with Crippen LogP contribution in [0.3, 0.4) is 0 Å². The molecule has 0 radical (unpaired) electrons. The Balaban J connectivity index is 2.48. The minimum Gasteiger partial charge on any atom is -0.394 e. The van der Waals surface area contributed by atoms with E-state index in [1.54, 1.807) is 13.8 Å². The van der Waals surface area contributed by atoms with E-state index in [9.17, 15) is 14.0 Å². The summed E-state index contributed by atoms with van der Waals surface area (Å²) in [5.74, 6) is -0.504. The first-order chi connectivity index (χ1) is 10.1. The third-order valence-corrected chi connectivity index (χ3v) is 3.70. The summed E-state index contributed by atoms with van der Waals surface area (Å²) in [4.78, 5) is 25.2. The van der Waals surface area contributed by atoms with Gasteiger partial charge >= 0.3 is 6.03 Å². The van der Waals surface area contributed by atoms with Gasteiger partial charge in [-0.05, 0) is 34.1 Å². The van der Waals surface area contributed by atoms with Crippen LogP contribution in [-0.2, 0) is 4.79 Å². The van der Waals surface area contributed by atoms with Crippen LogP contribution in [0.25, 0.3) is 0 Å². The number of hydrogen-bond donors (Lipinski definition) is 3. The minimum atomic E-state index is -1.21. The number of aliphatic hydroxyl groups excluding tert-OH is 1. The summed E-state index contributed by atoms with van der Waals surface area (Å²) in [5, 5.41) is 14.6. The average Bonchev–Trinajstić information content (AvgIpc) is 2.39. The number of nitrogens with zero attached hydrogens (tertiary/aromatic N) is 1. The largest absolute Gasteiger partial charge is 0.394 e. The summed E-state index contributed by atoms with van der Waals surface area (Å²) in [7, 11) is 0. The maximum absolute atomic E-state index is 14.2. The summed E-state index contributed by atoms with van der Waals surface area (Å²) >= 11 is 0. The van der Waals surface area contributed by atoms with Crippen molar-refractivity contribution in [2.24, 2.45) is 5.92 Å². The van der Waals surface area contributed by atoms with Gasteiger partial charge in [0.05, 0.1) is 18.7 Å². The molecule has 0 bridgehead atoms. The van der Waals surface area contributed by atoms with Gasteiger partial charge in [0, 0.05) is 24.9 Å². The maximum atomic E-state index is 14.2. The Kier molecular flexibility index (Phi) is 6.59. The molecule has 1 heterocycles. The fourth-order valence-electron chi connectivity index (χ4n) is 2.39. The molecule has 1 aliphatic rings. The van der Waals surface area contributed by atoms with E-state index in [0.29, 0.717) is 13.0 Å². The van der Waals surface area contributed by atoms with Crippen LogP contribution in [0.4, 0.5) is 9.18 Å². The number of amides is 3. The smallest absolute Gasteiger partial charge is 0.317 e. The van der Waals surface area contributed by atoms with Crippen molar-refractivity contribution < 1.29 is 19.1 Å². The third-order valence-electron chi connectivity index (χ3n) is 3.70. The van der Waals surface area contributed by atoms with Gasteiger partial charge in [0.2, 0.25) is 5.91 Å². The second-order valence-corrected chi connectivity index (χ2v) is 6.91. The number of hydrogen-bond acceptors (Lipinski definition) is 3. The Morgan fingerprint density at radius 2 is 2.05 bits per heavy atom. The second kappa shape index (κ2) is 7.76. The lowest BCUT2D eigenvalue weighted by molar-refractivity contribution is -0.123. The molecule has 22 heavy (non-hydrogen) atoms. The molecule has 3 N–H and O–H groups in total. The summed E-state index contributed by atoms with van der Waals surface area (Å²) in [6.45, 7) is 7.31. The number of urea groups is 1. The summed E-state index contributed by atoms with van der Waals surface area (Å²) in [6.07, 6.45) is -0.606. The maximum Gasteiger partial charge on any atom is 0.317 e. The fourth-order valence-corrected chi connectivity index (χ4v) is 2.39. The molecule has 0 aromatic rings. The highest BCUT2D eigenvalue weighted by atomic mass is 19.1. The Labute approximate surface area is 131 Å². The topological polar surface area (TPSA) is 81.7 Å². The third kappa shape index (κ3) is 5.79. The van der Waals surface area contributed by atoms with E-state index in [1.165, 1.54) is 4.90 Å². The number of halogens is 1. The second-order valence-electron chi connectivity index (χ2n) is 6.91. The first-order valence-electron chi connectivity index (χ1n) is 7.76. The predicted molar refractivity (Wildman–Crippen MR) is 82.2 cm³/mol. The lowest BCUT2D eigenvalue weighted by atomic mass is 9.91. The number of aliphatic hydroxyl groups is 1. The van der Waals surface area contributed by atoms with Gasteiger partial charge in [-0.2, -0.15) is 0 Å². The van der Waals surface area contributed by atoms with E-state index in [-0.39, 0.29) is 43.5 Å². The van der Waals surface area contributed by atoms with E-state index < -0.39 is 11.7 Å². The van der Waals surface area contributed by atoms with Crippen LogP contribution in [0.1, 0.15) is 40.5 Å². The molecule has 1 saturated heterocycles. The van der Waals surface area contributed by atoms with Crippen molar-refractivity contribution in [3.63, 3.8) is 0 Å². The van der Waals surface area contributed by atoms with Gasteiger partial charge in [-0.25, -0.2) is 9.18 Å². The Morgan fingerprint density at radius 3 is 2.55 bits per heavy atom. The van der Waals surface area contributed by atoms with Crippen LogP contribution >= 0.6 is 0 Å². The van der Waals surface area contributed by atoms with Crippen molar-refractivity contribution in [1.82, 2.24) is 15.5 Å². The summed E-state index contributed by atoms with van der Waals surface area (Å²) in [5.41, 5.74) is -0.739. The summed E-state index contributed by atoms with van der Waals surface area (Å²) < 4.78 is 14.2. The molecule has 6 nitrogen and oxygen atoms in total. The van der Waals surface area contributed by atoms with E-state index in [1.807, 2.05) is 13.8 Å². The first-order valence-corrected chi connectivity index (χ1v) is 7.76. The molecular formula is C15H28FN3O3. The number of carbonyl (C=O) groups excluding carboxylic acids is 2. The normalized spacial score (nSPS) is 22.6. The molecule has 2 atom stereocenters. The lowest BCUT2D eigenvalue weighted by Crippen LogP contribution is -2.55. The van der Waals surface area contributed by atoms with Gasteiger partial charge in [0.15, 0.2) is 0 Å². The number of piperidine rings is 1. The van der Waals surface area contributed by atoms with Gasteiger partial charge < -0.3 is 20.6 Å².